The molecule has 1 fully saturated rings. The topological polar surface area (TPSA) is 66.8 Å². The maximum Gasteiger partial charge on any atom is 0.326 e. The van der Waals surface area contributed by atoms with E-state index >= 15 is 0 Å². The molecule has 5 heteroatoms. The summed E-state index contributed by atoms with van der Waals surface area (Å²) in [4.78, 5) is 24.5. The van der Waals surface area contributed by atoms with Crippen molar-refractivity contribution in [3.63, 3.8) is 0 Å². The van der Waals surface area contributed by atoms with Gasteiger partial charge in [-0.15, -0.1) is 0 Å². The summed E-state index contributed by atoms with van der Waals surface area (Å²) in [5, 5.41) is 9.11. The monoisotopic (exact) mass is 243 g/mol. The zero-order valence-electron chi connectivity index (χ0n) is 10.7. The second kappa shape index (κ2) is 6.00. The third-order valence-corrected chi connectivity index (χ3v) is 3.44. The smallest absolute Gasteiger partial charge is 0.326 e. The van der Waals surface area contributed by atoms with Crippen LogP contribution < -0.4 is 0 Å². The summed E-state index contributed by atoms with van der Waals surface area (Å²) in [6.45, 7) is 4.33. The van der Waals surface area contributed by atoms with E-state index in [2.05, 4.69) is 0 Å². The Labute approximate surface area is 102 Å². The first kappa shape index (κ1) is 14.0. The van der Waals surface area contributed by atoms with E-state index < -0.39 is 12.0 Å². The zero-order valence-corrected chi connectivity index (χ0v) is 10.7. The number of carbonyl (C=O) groups excluding carboxylic acids is 1. The van der Waals surface area contributed by atoms with Gasteiger partial charge in [0.1, 0.15) is 6.04 Å². The van der Waals surface area contributed by atoms with Crippen molar-refractivity contribution in [1.29, 1.82) is 0 Å². The third kappa shape index (κ3) is 3.43. The minimum Gasteiger partial charge on any atom is -0.480 e. The van der Waals surface area contributed by atoms with Crippen LogP contribution in [0.5, 0.6) is 0 Å². The molecule has 0 aliphatic carbocycles. The molecule has 5 nitrogen and oxygen atoms in total. The summed E-state index contributed by atoms with van der Waals surface area (Å²) in [5.41, 5.74) is 0. The molecule has 1 rings (SSSR count). The molecule has 0 aromatic carbocycles. The first-order valence-corrected chi connectivity index (χ1v) is 6.02. The number of methoxy groups -OCH3 is 1. The lowest BCUT2D eigenvalue weighted by Crippen LogP contribution is -2.42. The summed E-state index contributed by atoms with van der Waals surface area (Å²) >= 11 is 0. The van der Waals surface area contributed by atoms with Crippen LogP contribution in [0.25, 0.3) is 0 Å². The Morgan fingerprint density at radius 2 is 2.18 bits per heavy atom. The van der Waals surface area contributed by atoms with Gasteiger partial charge >= 0.3 is 5.97 Å². The maximum absolute atomic E-state index is 11.9. The maximum atomic E-state index is 11.9. The zero-order chi connectivity index (χ0) is 13.0. The standard InChI is InChI=1S/C12H21NO4/c1-8-6-7-13(11(8)12(15)16)10(14)5-4-9(2)17-3/h8-9,11H,4-7H2,1-3H3,(H,15,16). The van der Waals surface area contributed by atoms with Gasteiger partial charge in [0, 0.05) is 20.1 Å². The number of rotatable bonds is 5. The van der Waals surface area contributed by atoms with E-state index in [1.807, 2.05) is 13.8 Å². The van der Waals surface area contributed by atoms with Crippen molar-refractivity contribution in [3.8, 4) is 0 Å². The van der Waals surface area contributed by atoms with Gasteiger partial charge in [0.2, 0.25) is 5.91 Å². The Hall–Kier alpha value is -1.10. The van der Waals surface area contributed by atoms with Crippen LogP contribution in [-0.2, 0) is 14.3 Å². The average Bonchev–Trinajstić information content (AvgIpc) is 2.67. The molecule has 0 radical (unpaired) electrons. The number of carboxylic acid groups (broad SMARTS) is 1. The molecule has 1 saturated heterocycles. The molecule has 1 aliphatic heterocycles. The van der Waals surface area contributed by atoms with Gasteiger partial charge in [-0.3, -0.25) is 4.79 Å². The largest absolute Gasteiger partial charge is 0.480 e. The fraction of sp³-hybridized carbons (Fsp3) is 0.833. The number of hydrogen-bond donors (Lipinski definition) is 1. The molecule has 17 heavy (non-hydrogen) atoms. The Bertz CT molecular complexity index is 292. The summed E-state index contributed by atoms with van der Waals surface area (Å²) < 4.78 is 5.07. The molecule has 0 aromatic rings. The fourth-order valence-electron chi connectivity index (χ4n) is 2.19. The molecule has 1 heterocycles. The summed E-state index contributed by atoms with van der Waals surface area (Å²) in [7, 11) is 1.60. The molecule has 3 unspecified atom stereocenters. The number of hydrogen-bond acceptors (Lipinski definition) is 3. The molecule has 98 valence electrons. The summed E-state index contributed by atoms with van der Waals surface area (Å²) in [5.74, 6) is -0.940. The van der Waals surface area contributed by atoms with E-state index in [0.29, 0.717) is 19.4 Å². The highest BCUT2D eigenvalue weighted by Crippen LogP contribution is 2.25. The first-order valence-electron chi connectivity index (χ1n) is 6.02. The van der Waals surface area contributed by atoms with Crippen LogP contribution in [0.15, 0.2) is 0 Å². The number of ether oxygens (including phenoxy) is 1. The van der Waals surface area contributed by atoms with Crippen molar-refractivity contribution >= 4 is 11.9 Å². The van der Waals surface area contributed by atoms with Crippen LogP contribution in [0.4, 0.5) is 0 Å². The summed E-state index contributed by atoms with van der Waals surface area (Å²) in [6.07, 6.45) is 1.78. The normalized spacial score (nSPS) is 25.9. The van der Waals surface area contributed by atoms with E-state index in [4.69, 9.17) is 9.84 Å². The van der Waals surface area contributed by atoms with Crippen LogP contribution in [0.2, 0.25) is 0 Å². The Kier molecular flexibility index (Phi) is 4.93. The quantitative estimate of drug-likeness (QED) is 0.785. The number of nitrogens with zero attached hydrogens (tertiary/aromatic N) is 1. The molecule has 0 spiro atoms. The lowest BCUT2D eigenvalue weighted by atomic mass is 10.0. The second-order valence-corrected chi connectivity index (χ2v) is 4.72. The number of carbonyl (C=O) groups is 2. The fourth-order valence-corrected chi connectivity index (χ4v) is 2.19. The van der Waals surface area contributed by atoms with E-state index in [0.717, 1.165) is 6.42 Å². The SMILES string of the molecule is COC(C)CCC(=O)N1CCC(C)C1C(=O)O. The first-order chi connectivity index (χ1) is 7.97. The molecule has 1 aliphatic rings. The highest BCUT2D eigenvalue weighted by Gasteiger charge is 2.39. The van der Waals surface area contributed by atoms with Crippen LogP contribution in [0.3, 0.4) is 0 Å². The Morgan fingerprint density at radius 3 is 2.71 bits per heavy atom. The van der Waals surface area contributed by atoms with Crippen molar-refractivity contribution in [3.05, 3.63) is 0 Å². The molecule has 0 aromatic heterocycles. The lowest BCUT2D eigenvalue weighted by molar-refractivity contribution is -0.149. The van der Waals surface area contributed by atoms with E-state index in [1.165, 1.54) is 4.90 Å². The predicted octanol–water partition coefficient (Wildman–Crippen LogP) is 1.12. The van der Waals surface area contributed by atoms with E-state index in [9.17, 15) is 9.59 Å². The Balaban J connectivity index is 2.54. The number of likely N-dealkylation sites (tertiary alicyclic amines) is 1. The average molecular weight is 243 g/mol. The summed E-state index contributed by atoms with van der Waals surface area (Å²) in [6, 6.07) is -0.652. The molecular weight excluding hydrogens is 222 g/mol. The predicted molar refractivity (Wildman–Crippen MR) is 62.6 cm³/mol. The highest BCUT2D eigenvalue weighted by molar-refractivity contribution is 5.84. The van der Waals surface area contributed by atoms with Gasteiger partial charge in [0.15, 0.2) is 0 Å². The Morgan fingerprint density at radius 1 is 1.53 bits per heavy atom. The van der Waals surface area contributed by atoms with Crippen LogP contribution in [-0.4, -0.2) is 47.7 Å². The van der Waals surface area contributed by atoms with Gasteiger partial charge in [0.25, 0.3) is 0 Å². The lowest BCUT2D eigenvalue weighted by Gasteiger charge is -2.23. The molecule has 0 saturated carbocycles. The minimum atomic E-state index is -0.900. The number of carboxylic acids is 1. The minimum absolute atomic E-state index is 0.0299. The van der Waals surface area contributed by atoms with Gasteiger partial charge in [-0.25, -0.2) is 4.79 Å². The number of amides is 1. The van der Waals surface area contributed by atoms with E-state index in [1.54, 1.807) is 7.11 Å². The molecule has 3 atom stereocenters. The van der Waals surface area contributed by atoms with Crippen molar-refractivity contribution in [1.82, 2.24) is 4.90 Å². The van der Waals surface area contributed by atoms with Crippen molar-refractivity contribution in [2.75, 3.05) is 13.7 Å². The third-order valence-electron chi connectivity index (χ3n) is 3.44. The van der Waals surface area contributed by atoms with Crippen LogP contribution in [0, 0.1) is 5.92 Å². The van der Waals surface area contributed by atoms with Gasteiger partial charge in [-0.2, -0.15) is 0 Å². The van der Waals surface area contributed by atoms with Crippen molar-refractivity contribution in [2.24, 2.45) is 5.92 Å². The highest BCUT2D eigenvalue weighted by atomic mass is 16.5. The molecule has 1 N–H and O–H groups in total. The molecular formula is C12H21NO4. The van der Waals surface area contributed by atoms with Gasteiger partial charge < -0.3 is 14.7 Å². The van der Waals surface area contributed by atoms with Gasteiger partial charge in [0.05, 0.1) is 6.10 Å². The van der Waals surface area contributed by atoms with Crippen LogP contribution in [0.1, 0.15) is 33.1 Å². The van der Waals surface area contributed by atoms with Crippen molar-refractivity contribution in [2.45, 2.75) is 45.3 Å². The van der Waals surface area contributed by atoms with E-state index in [-0.39, 0.29) is 17.9 Å². The number of aliphatic carboxylic acids is 1. The van der Waals surface area contributed by atoms with Crippen molar-refractivity contribution < 1.29 is 19.4 Å². The molecule has 1 amide bonds. The van der Waals surface area contributed by atoms with Gasteiger partial charge in [-0.1, -0.05) is 6.92 Å². The van der Waals surface area contributed by atoms with Gasteiger partial charge in [-0.05, 0) is 25.7 Å². The molecule has 0 bridgehead atoms. The second-order valence-electron chi connectivity index (χ2n) is 4.72. The van der Waals surface area contributed by atoms with Crippen LogP contribution >= 0.6 is 0 Å².